The first-order valence-electron chi connectivity index (χ1n) is 11.6. The summed E-state index contributed by atoms with van der Waals surface area (Å²) in [7, 11) is 0. The average Bonchev–Trinajstić information content (AvgIpc) is 2.73. The Kier molecular flexibility index (Phi) is 11.3. The van der Waals surface area contributed by atoms with Crippen LogP contribution >= 0.6 is 0 Å². The van der Waals surface area contributed by atoms with Crippen LogP contribution in [-0.2, 0) is 20.6 Å². The van der Waals surface area contributed by atoms with Gasteiger partial charge in [0.2, 0.25) is 0 Å². The lowest BCUT2D eigenvalue weighted by molar-refractivity contribution is -0.380. The molecule has 0 bridgehead atoms. The minimum Gasteiger partial charge on any atom is -0.328 e. The maximum atomic E-state index is 5.80. The van der Waals surface area contributed by atoms with Crippen LogP contribution in [0.5, 0.6) is 0 Å². The number of ether oxygens (including phenoxy) is 3. The summed E-state index contributed by atoms with van der Waals surface area (Å²) in [5.41, 5.74) is 1.49. The zero-order valence-corrected chi connectivity index (χ0v) is 18.8. The Morgan fingerprint density at radius 2 is 1.17 bits per heavy atom. The van der Waals surface area contributed by atoms with Crippen molar-refractivity contribution in [3.8, 4) is 0 Å². The summed E-state index contributed by atoms with van der Waals surface area (Å²) in [6.07, 6.45) is 10.8. The van der Waals surface area contributed by atoms with E-state index in [1.54, 1.807) is 0 Å². The molecule has 0 heterocycles. The Labute approximate surface area is 177 Å². The zero-order valence-electron chi connectivity index (χ0n) is 18.8. The van der Waals surface area contributed by atoms with Gasteiger partial charge in [-0.15, -0.1) is 0 Å². The van der Waals surface area contributed by atoms with Gasteiger partial charge in [-0.05, 0) is 56.4 Å². The molecule has 0 saturated heterocycles. The molecule has 2 aromatic carbocycles. The molecule has 0 atom stereocenters. The fourth-order valence-electron chi connectivity index (χ4n) is 4.05. The molecule has 0 aliphatic rings. The Hall–Kier alpha value is -1.42. The number of hydrogen-bond acceptors (Lipinski definition) is 3. The van der Waals surface area contributed by atoms with Crippen LogP contribution < -0.4 is 0 Å². The molecular weight excluding hydrogens is 360 g/mol. The van der Waals surface area contributed by atoms with Gasteiger partial charge in [0.15, 0.2) is 0 Å². The van der Waals surface area contributed by atoms with Crippen LogP contribution in [0.4, 0.5) is 0 Å². The molecule has 0 amide bonds. The van der Waals surface area contributed by atoms with Gasteiger partial charge in [0.05, 0.1) is 0 Å². The quantitative estimate of drug-likeness (QED) is 0.219. The number of aryl methyl sites for hydroxylation is 1. The van der Waals surface area contributed by atoms with Gasteiger partial charge < -0.3 is 14.2 Å². The van der Waals surface area contributed by atoms with Crippen molar-refractivity contribution in [2.24, 2.45) is 0 Å². The first kappa shape index (κ1) is 23.9. The van der Waals surface area contributed by atoms with E-state index < -0.39 is 5.97 Å². The maximum Gasteiger partial charge on any atom is 0.282 e. The average molecular weight is 401 g/mol. The molecule has 162 valence electrons. The normalized spacial score (nSPS) is 12.0. The zero-order chi connectivity index (χ0) is 20.8. The lowest BCUT2D eigenvalue weighted by atomic mass is 9.99. The monoisotopic (exact) mass is 400 g/mol. The number of benzene rings is 2. The summed E-state index contributed by atoms with van der Waals surface area (Å²) in [6, 6.07) is 15.4. The highest BCUT2D eigenvalue weighted by atomic mass is 16.9. The van der Waals surface area contributed by atoms with Crippen LogP contribution in [0, 0.1) is 0 Å². The highest BCUT2D eigenvalue weighted by Crippen LogP contribution is 2.24. The molecule has 0 spiro atoms. The summed E-state index contributed by atoms with van der Waals surface area (Å²) in [5.74, 6) is -0.837. The van der Waals surface area contributed by atoms with Crippen molar-refractivity contribution in [2.75, 3.05) is 19.8 Å². The van der Waals surface area contributed by atoms with E-state index in [-0.39, 0.29) is 0 Å². The number of fused-ring (bicyclic) bond motifs is 1. The molecule has 2 rings (SSSR count). The van der Waals surface area contributed by atoms with E-state index in [0.29, 0.717) is 19.8 Å². The summed E-state index contributed by atoms with van der Waals surface area (Å²) in [4.78, 5) is 0. The van der Waals surface area contributed by atoms with E-state index in [1.165, 1.54) is 61.3 Å². The molecular formula is C26H40O3. The first-order valence-corrected chi connectivity index (χ1v) is 11.6. The molecule has 3 nitrogen and oxygen atoms in total. The van der Waals surface area contributed by atoms with E-state index in [0.717, 1.165) is 12.8 Å². The maximum absolute atomic E-state index is 5.80. The van der Waals surface area contributed by atoms with Gasteiger partial charge >= 0.3 is 0 Å². The van der Waals surface area contributed by atoms with Crippen molar-refractivity contribution in [1.29, 1.82) is 0 Å². The third kappa shape index (κ3) is 8.08. The number of rotatable bonds is 16. The highest BCUT2D eigenvalue weighted by Gasteiger charge is 2.31. The van der Waals surface area contributed by atoms with E-state index >= 15 is 0 Å². The lowest BCUT2D eigenvalue weighted by Gasteiger charge is -2.32. The third-order valence-electron chi connectivity index (χ3n) is 5.40. The highest BCUT2D eigenvalue weighted by molar-refractivity contribution is 5.85. The summed E-state index contributed by atoms with van der Waals surface area (Å²) in [6.45, 7) is 7.80. The molecule has 0 N–H and O–H groups in total. The van der Waals surface area contributed by atoms with Crippen LogP contribution in [0.2, 0.25) is 0 Å². The van der Waals surface area contributed by atoms with Gasteiger partial charge in [0.1, 0.15) is 0 Å². The Morgan fingerprint density at radius 3 is 1.83 bits per heavy atom. The fraction of sp³-hybridized carbons (Fsp3) is 0.615. The molecule has 0 unspecified atom stereocenters. The Bertz CT molecular complexity index is 660. The second-order valence-corrected chi connectivity index (χ2v) is 7.60. The standard InChI is InChI=1S/C26H40O3/c1-4-27-26(28-5-2,29-6-3)22-15-11-9-7-8-10-12-17-23-19-16-20-24-18-13-14-21-25(23)24/h13-14,16,18-21H,4-12,15,17,22H2,1-3H3. The van der Waals surface area contributed by atoms with Crippen molar-refractivity contribution in [2.45, 2.75) is 84.5 Å². The van der Waals surface area contributed by atoms with Gasteiger partial charge in [-0.25, -0.2) is 0 Å². The Morgan fingerprint density at radius 1 is 0.621 bits per heavy atom. The third-order valence-corrected chi connectivity index (χ3v) is 5.40. The van der Waals surface area contributed by atoms with Crippen LogP contribution in [0.25, 0.3) is 10.8 Å². The van der Waals surface area contributed by atoms with E-state index in [2.05, 4.69) is 42.5 Å². The predicted molar refractivity (Wildman–Crippen MR) is 122 cm³/mol. The number of hydrogen-bond donors (Lipinski definition) is 0. The summed E-state index contributed by atoms with van der Waals surface area (Å²) < 4.78 is 17.4. The molecule has 0 fully saturated rings. The van der Waals surface area contributed by atoms with E-state index in [4.69, 9.17) is 14.2 Å². The van der Waals surface area contributed by atoms with E-state index in [9.17, 15) is 0 Å². The van der Waals surface area contributed by atoms with Gasteiger partial charge in [0.25, 0.3) is 5.97 Å². The summed E-state index contributed by atoms with van der Waals surface area (Å²) in [5, 5.41) is 2.77. The van der Waals surface area contributed by atoms with Gasteiger partial charge in [-0.1, -0.05) is 74.6 Å². The number of unbranched alkanes of at least 4 members (excludes halogenated alkanes) is 6. The minimum atomic E-state index is -0.837. The predicted octanol–water partition coefficient (Wildman–Crippen LogP) is 7.27. The smallest absolute Gasteiger partial charge is 0.282 e. The van der Waals surface area contributed by atoms with Crippen molar-refractivity contribution < 1.29 is 14.2 Å². The first-order chi connectivity index (χ1) is 14.2. The van der Waals surface area contributed by atoms with E-state index in [1.807, 2.05) is 20.8 Å². The topological polar surface area (TPSA) is 27.7 Å². The molecule has 0 aliphatic heterocycles. The van der Waals surface area contributed by atoms with Crippen LogP contribution in [0.1, 0.15) is 77.7 Å². The second kappa shape index (κ2) is 13.7. The fourth-order valence-corrected chi connectivity index (χ4v) is 4.05. The lowest BCUT2D eigenvalue weighted by Crippen LogP contribution is -2.39. The summed E-state index contributed by atoms with van der Waals surface area (Å²) >= 11 is 0. The SMILES string of the molecule is CCOC(CCCCCCCCCc1cccc2ccccc12)(OCC)OCC. The van der Waals surface area contributed by atoms with Gasteiger partial charge in [0, 0.05) is 26.2 Å². The molecule has 0 aliphatic carbocycles. The largest absolute Gasteiger partial charge is 0.328 e. The molecule has 0 saturated carbocycles. The molecule has 2 aromatic rings. The molecule has 0 aromatic heterocycles. The van der Waals surface area contributed by atoms with Crippen LogP contribution in [0.3, 0.4) is 0 Å². The van der Waals surface area contributed by atoms with Crippen LogP contribution in [0.15, 0.2) is 42.5 Å². The second-order valence-electron chi connectivity index (χ2n) is 7.60. The molecule has 3 heteroatoms. The Balaban J connectivity index is 1.60. The van der Waals surface area contributed by atoms with Crippen molar-refractivity contribution in [3.05, 3.63) is 48.0 Å². The molecule has 29 heavy (non-hydrogen) atoms. The van der Waals surface area contributed by atoms with Crippen LogP contribution in [-0.4, -0.2) is 25.8 Å². The minimum absolute atomic E-state index is 0.608. The van der Waals surface area contributed by atoms with Crippen molar-refractivity contribution in [1.82, 2.24) is 0 Å². The van der Waals surface area contributed by atoms with Crippen molar-refractivity contribution in [3.63, 3.8) is 0 Å². The van der Waals surface area contributed by atoms with Gasteiger partial charge in [-0.3, -0.25) is 0 Å². The molecule has 0 radical (unpaired) electrons. The van der Waals surface area contributed by atoms with Crippen molar-refractivity contribution >= 4 is 10.8 Å². The van der Waals surface area contributed by atoms with Gasteiger partial charge in [-0.2, -0.15) is 0 Å².